The molecule has 1 aromatic heterocycles. The van der Waals surface area contributed by atoms with Crippen molar-refractivity contribution in [1.82, 2.24) is 4.98 Å². The van der Waals surface area contributed by atoms with Crippen molar-refractivity contribution in [1.29, 1.82) is 0 Å². The second-order valence-electron chi connectivity index (χ2n) is 11.2. The summed E-state index contributed by atoms with van der Waals surface area (Å²) in [5.74, 6) is -7.61. The third-order valence-electron chi connectivity index (χ3n) is 7.10. The molecule has 0 spiro atoms. The number of Topliss-reactive ketones (excluding diaryl/α,β-unsaturated/α-hetero) is 4. The maximum Gasteiger partial charge on any atom is 0.514 e. The minimum atomic E-state index is -1.51. The topological polar surface area (TPSA) is 164 Å². The van der Waals surface area contributed by atoms with Crippen LogP contribution in [0.4, 0.5) is 10.5 Å². The molecule has 0 saturated heterocycles. The zero-order chi connectivity index (χ0) is 32.7. The number of aryl methyl sites for hydroxylation is 1. The number of carbonyl (C=O) groups is 6. The average Bonchev–Trinajstić information content (AvgIpc) is 2.99. The molecule has 1 saturated carbocycles. The Hall–Kier alpha value is -4.61. The summed E-state index contributed by atoms with van der Waals surface area (Å²) in [4.78, 5) is 83.5. The highest BCUT2D eigenvalue weighted by molar-refractivity contribution is 6.44. The van der Waals surface area contributed by atoms with E-state index in [2.05, 4.69) is 10.3 Å². The molecule has 2 aromatic rings. The number of nitrogens with zero attached hydrogens (tertiary/aromatic N) is 1. The summed E-state index contributed by atoms with van der Waals surface area (Å²) in [6, 6.07) is 7.30. The molecule has 44 heavy (non-hydrogen) atoms. The van der Waals surface area contributed by atoms with Crippen molar-refractivity contribution in [2.75, 3.05) is 12.4 Å². The Kier molecular flexibility index (Phi) is 11.3. The second-order valence-corrected chi connectivity index (χ2v) is 11.2. The molecule has 0 radical (unpaired) electrons. The van der Waals surface area contributed by atoms with Crippen LogP contribution in [0, 0.1) is 24.7 Å². The van der Waals surface area contributed by atoms with E-state index in [1.54, 1.807) is 65.0 Å². The van der Waals surface area contributed by atoms with Crippen molar-refractivity contribution in [3.8, 4) is 11.5 Å². The summed E-state index contributed by atoms with van der Waals surface area (Å²) in [6.45, 7) is 9.42. The fourth-order valence-corrected chi connectivity index (χ4v) is 4.75. The number of anilines is 1. The molecular formula is C32H38N2O10. The minimum Gasteiger partial charge on any atom is -0.491 e. The van der Waals surface area contributed by atoms with Gasteiger partial charge in [0.25, 0.3) is 0 Å². The lowest BCUT2D eigenvalue weighted by molar-refractivity contribution is -0.163. The summed E-state index contributed by atoms with van der Waals surface area (Å²) in [5, 5.41) is 2.80. The van der Waals surface area contributed by atoms with Crippen LogP contribution in [0.1, 0.15) is 52.3 Å². The van der Waals surface area contributed by atoms with E-state index in [9.17, 15) is 28.8 Å². The molecule has 1 aromatic carbocycles. The molecular weight excluding hydrogens is 572 g/mol. The normalized spacial score (nSPS) is 20.9. The Balaban J connectivity index is 2.03. The van der Waals surface area contributed by atoms with Gasteiger partial charge in [-0.2, -0.15) is 0 Å². The number of carbonyl (C=O) groups excluding carboxylic acids is 6. The third-order valence-corrected chi connectivity index (χ3v) is 7.10. The maximum absolute atomic E-state index is 13.7. The van der Waals surface area contributed by atoms with Gasteiger partial charge >= 0.3 is 12.1 Å². The van der Waals surface area contributed by atoms with E-state index in [0.29, 0.717) is 5.56 Å². The highest BCUT2D eigenvalue weighted by Gasteiger charge is 2.46. The van der Waals surface area contributed by atoms with E-state index in [-0.39, 0.29) is 29.3 Å². The van der Waals surface area contributed by atoms with Gasteiger partial charge in [-0.25, -0.2) is 4.79 Å². The predicted molar refractivity (Wildman–Crippen MR) is 157 cm³/mol. The quantitative estimate of drug-likeness (QED) is 0.323. The lowest BCUT2D eigenvalue weighted by Crippen LogP contribution is -2.45. The zero-order valence-electron chi connectivity index (χ0n) is 25.9. The molecule has 236 valence electrons. The fourth-order valence-electron chi connectivity index (χ4n) is 4.75. The largest absolute Gasteiger partial charge is 0.514 e. The molecule has 1 fully saturated rings. The third kappa shape index (κ3) is 8.06. The first-order valence-corrected chi connectivity index (χ1v) is 14.3. The standard InChI is InChI=1S/C32H38N2O10/c1-16(2)31(39)43-28-18(5)25(36)27(38)22(14-24(35)26(37)21(28)13-20-11-9-8-10-12-20)34-23-15-33-19(6)29(30(23)41-7)44-32(40)42-17(3)4/h8-12,15-18,21-22,28,34H,13-14H2,1-7H3/t18-,21+,22+,28-/m1/s1. The number of ether oxygens (including phenoxy) is 4. The monoisotopic (exact) mass is 610 g/mol. The molecule has 0 unspecified atom stereocenters. The molecule has 0 amide bonds. The zero-order valence-corrected chi connectivity index (χ0v) is 25.9. The van der Waals surface area contributed by atoms with E-state index in [4.69, 9.17) is 18.9 Å². The van der Waals surface area contributed by atoms with Gasteiger partial charge in [-0.3, -0.25) is 29.0 Å². The molecule has 12 nitrogen and oxygen atoms in total. The fraction of sp³-hybridized carbons (Fsp3) is 0.469. The van der Waals surface area contributed by atoms with E-state index < -0.39 is 77.7 Å². The Morgan fingerprint density at radius 1 is 0.977 bits per heavy atom. The number of rotatable bonds is 9. The van der Waals surface area contributed by atoms with Crippen LogP contribution < -0.4 is 14.8 Å². The summed E-state index contributed by atoms with van der Waals surface area (Å²) in [5.41, 5.74) is 0.957. The van der Waals surface area contributed by atoms with Gasteiger partial charge in [0.1, 0.15) is 12.1 Å². The predicted octanol–water partition coefficient (Wildman–Crippen LogP) is 3.85. The van der Waals surface area contributed by atoms with Crippen LogP contribution in [0.15, 0.2) is 36.5 Å². The number of hydrogen-bond acceptors (Lipinski definition) is 12. The smallest absolute Gasteiger partial charge is 0.491 e. The number of benzene rings is 1. The summed E-state index contributed by atoms with van der Waals surface area (Å²) in [7, 11) is 1.29. The molecule has 12 heteroatoms. The SMILES string of the molecule is COc1c(N[C@H]2CC(=O)C(=O)[C@H](Cc3ccccc3)[C@H](OC(=O)C(C)C)[C@H](C)C(=O)C2=O)cnc(C)c1OC(=O)OC(C)C. The second kappa shape index (κ2) is 14.7. The van der Waals surface area contributed by atoms with Crippen molar-refractivity contribution in [2.45, 2.75) is 72.6 Å². The van der Waals surface area contributed by atoms with Crippen molar-refractivity contribution >= 4 is 40.9 Å². The molecule has 3 rings (SSSR count). The van der Waals surface area contributed by atoms with Gasteiger partial charge in [0, 0.05) is 6.42 Å². The molecule has 1 aliphatic rings. The lowest BCUT2D eigenvalue weighted by atomic mass is 9.81. The van der Waals surface area contributed by atoms with Crippen molar-refractivity contribution in [3.63, 3.8) is 0 Å². The Morgan fingerprint density at radius 2 is 1.64 bits per heavy atom. The van der Waals surface area contributed by atoms with Crippen LogP contribution in [-0.2, 0) is 39.9 Å². The first kappa shape index (κ1) is 33.9. The Morgan fingerprint density at radius 3 is 2.23 bits per heavy atom. The number of ketones is 4. The van der Waals surface area contributed by atoms with Gasteiger partial charge in [-0.1, -0.05) is 51.1 Å². The van der Waals surface area contributed by atoms with Crippen LogP contribution in [0.25, 0.3) is 0 Å². The lowest BCUT2D eigenvalue weighted by Gasteiger charge is -2.29. The molecule has 0 aliphatic heterocycles. The highest BCUT2D eigenvalue weighted by Crippen LogP contribution is 2.38. The van der Waals surface area contributed by atoms with Crippen molar-refractivity contribution in [2.24, 2.45) is 17.8 Å². The Labute approximate surface area is 255 Å². The van der Waals surface area contributed by atoms with Crippen LogP contribution in [0.3, 0.4) is 0 Å². The summed E-state index contributed by atoms with van der Waals surface area (Å²) < 4.78 is 21.4. The molecule has 1 aliphatic carbocycles. The molecule has 1 heterocycles. The number of hydrogen-bond donors (Lipinski definition) is 1. The average molecular weight is 611 g/mol. The van der Waals surface area contributed by atoms with Gasteiger partial charge in [0.2, 0.25) is 23.1 Å². The molecule has 4 atom stereocenters. The van der Waals surface area contributed by atoms with Gasteiger partial charge in [-0.05, 0) is 32.8 Å². The molecule has 1 N–H and O–H groups in total. The van der Waals surface area contributed by atoms with Gasteiger partial charge in [-0.15, -0.1) is 0 Å². The van der Waals surface area contributed by atoms with E-state index in [1.165, 1.54) is 20.2 Å². The van der Waals surface area contributed by atoms with Gasteiger partial charge < -0.3 is 24.3 Å². The first-order chi connectivity index (χ1) is 20.7. The number of methoxy groups -OCH3 is 1. The van der Waals surface area contributed by atoms with Gasteiger partial charge in [0.05, 0.1) is 48.5 Å². The van der Waals surface area contributed by atoms with E-state index >= 15 is 0 Å². The minimum absolute atomic E-state index is 0.00818. The van der Waals surface area contributed by atoms with E-state index in [0.717, 1.165) is 0 Å². The number of aromatic nitrogens is 1. The van der Waals surface area contributed by atoms with Crippen LogP contribution in [0.5, 0.6) is 11.5 Å². The maximum atomic E-state index is 13.7. The Bertz CT molecular complexity index is 1420. The summed E-state index contributed by atoms with van der Waals surface area (Å²) >= 11 is 0. The van der Waals surface area contributed by atoms with Crippen LogP contribution in [0.2, 0.25) is 0 Å². The molecule has 0 bridgehead atoms. The van der Waals surface area contributed by atoms with Crippen LogP contribution in [-0.4, -0.2) is 65.6 Å². The first-order valence-electron chi connectivity index (χ1n) is 14.3. The van der Waals surface area contributed by atoms with Gasteiger partial charge in [0.15, 0.2) is 11.5 Å². The van der Waals surface area contributed by atoms with Crippen molar-refractivity contribution < 1.29 is 47.7 Å². The number of esters is 1. The number of nitrogens with one attached hydrogen (secondary N) is 1. The summed E-state index contributed by atoms with van der Waals surface area (Å²) in [6.07, 6.45) is -2.23. The van der Waals surface area contributed by atoms with Crippen LogP contribution >= 0.6 is 0 Å². The van der Waals surface area contributed by atoms with E-state index in [1.807, 2.05) is 0 Å². The van der Waals surface area contributed by atoms with Crippen molar-refractivity contribution in [3.05, 3.63) is 47.8 Å². The highest BCUT2D eigenvalue weighted by atomic mass is 16.7. The number of pyridine rings is 1.